The zero-order chi connectivity index (χ0) is 25.2. The fourth-order valence-electron chi connectivity index (χ4n) is 3.85. The van der Waals surface area contributed by atoms with Crippen molar-refractivity contribution in [1.82, 2.24) is 0 Å². The Labute approximate surface area is 208 Å². The average Bonchev–Trinajstić information content (AvgIpc) is 3.28. The van der Waals surface area contributed by atoms with Gasteiger partial charge in [-0.25, -0.2) is 8.42 Å². The number of ether oxygens (including phenoxy) is 1. The van der Waals surface area contributed by atoms with Crippen LogP contribution in [0.4, 0.5) is 17.1 Å². The number of rotatable bonds is 7. The lowest BCUT2D eigenvalue weighted by atomic mass is 10.1. The molecule has 0 fully saturated rings. The smallest absolute Gasteiger partial charge is 0.262 e. The van der Waals surface area contributed by atoms with Crippen LogP contribution in [0.5, 0.6) is 5.75 Å². The first-order valence-electron chi connectivity index (χ1n) is 10.9. The molecule has 4 rings (SSSR count). The molecule has 0 spiro atoms. The van der Waals surface area contributed by atoms with Crippen LogP contribution >= 0.6 is 11.6 Å². The lowest BCUT2D eigenvalue weighted by Crippen LogP contribution is -2.39. The maximum absolute atomic E-state index is 13.1. The number of nitrogens with zero attached hydrogens (tertiary/aromatic N) is 1. The summed E-state index contributed by atoms with van der Waals surface area (Å²) >= 11 is 6.08. The van der Waals surface area contributed by atoms with Gasteiger partial charge in [0.2, 0.25) is 11.8 Å². The third-order valence-electron chi connectivity index (χ3n) is 5.77. The van der Waals surface area contributed by atoms with Crippen LogP contribution in [0.1, 0.15) is 12.5 Å². The third kappa shape index (κ3) is 5.11. The molecule has 0 saturated carbocycles. The van der Waals surface area contributed by atoms with Gasteiger partial charge in [0.1, 0.15) is 11.7 Å². The summed E-state index contributed by atoms with van der Waals surface area (Å²) in [5, 5.41) is 2.89. The molecule has 8 nitrogen and oxygen atoms in total. The molecule has 0 saturated heterocycles. The molecule has 2 amide bonds. The number of para-hydroxylation sites is 2. The van der Waals surface area contributed by atoms with Gasteiger partial charge in [-0.3, -0.25) is 14.3 Å². The predicted octanol–water partition coefficient (Wildman–Crippen LogP) is 4.31. The molecule has 182 valence electrons. The molecule has 0 radical (unpaired) electrons. The summed E-state index contributed by atoms with van der Waals surface area (Å²) in [6, 6.07) is 18.1. The van der Waals surface area contributed by atoms with Crippen molar-refractivity contribution in [2.75, 3.05) is 28.6 Å². The van der Waals surface area contributed by atoms with Crippen molar-refractivity contribution in [3.8, 4) is 5.75 Å². The lowest BCUT2D eigenvalue weighted by molar-refractivity contribution is -0.130. The SMILES string of the molecule is COc1ccc(S(=O)(=O)Nc2ccccc2Cl)cc1NC(=O)C(C)C(=O)N1CCc2ccccc21. The number of carbonyl (C=O) groups excluding carboxylic acids is 2. The Morgan fingerprint density at radius 1 is 1.03 bits per heavy atom. The number of amides is 2. The van der Waals surface area contributed by atoms with Gasteiger partial charge in [-0.2, -0.15) is 0 Å². The molecule has 0 bridgehead atoms. The Morgan fingerprint density at radius 2 is 1.74 bits per heavy atom. The van der Waals surface area contributed by atoms with E-state index in [4.69, 9.17) is 16.3 Å². The first-order valence-corrected chi connectivity index (χ1v) is 12.7. The van der Waals surface area contributed by atoms with Gasteiger partial charge in [0.25, 0.3) is 10.0 Å². The lowest BCUT2D eigenvalue weighted by Gasteiger charge is -2.22. The molecular weight excluding hydrogens is 490 g/mol. The van der Waals surface area contributed by atoms with Gasteiger partial charge in [0.15, 0.2) is 0 Å². The normalized spacial score (nSPS) is 13.6. The largest absolute Gasteiger partial charge is 0.495 e. The van der Waals surface area contributed by atoms with Crippen LogP contribution < -0.4 is 19.7 Å². The fraction of sp³-hybridized carbons (Fsp3) is 0.200. The minimum atomic E-state index is -4.02. The summed E-state index contributed by atoms with van der Waals surface area (Å²) in [5.41, 5.74) is 2.20. The third-order valence-corrected chi connectivity index (χ3v) is 7.47. The zero-order valence-electron chi connectivity index (χ0n) is 19.1. The molecule has 3 aromatic rings. The molecule has 0 aliphatic carbocycles. The highest BCUT2D eigenvalue weighted by Crippen LogP contribution is 2.32. The van der Waals surface area contributed by atoms with E-state index in [-0.39, 0.29) is 32.9 Å². The van der Waals surface area contributed by atoms with Crippen molar-refractivity contribution >= 4 is 50.5 Å². The summed E-state index contributed by atoms with van der Waals surface area (Å²) in [6.45, 7) is 2.02. The van der Waals surface area contributed by atoms with Gasteiger partial charge < -0.3 is 15.0 Å². The molecule has 1 aliphatic rings. The second-order valence-corrected chi connectivity index (χ2v) is 10.1. The Balaban J connectivity index is 1.54. The van der Waals surface area contributed by atoms with E-state index in [0.717, 1.165) is 17.7 Å². The van der Waals surface area contributed by atoms with Gasteiger partial charge in [0, 0.05) is 12.2 Å². The maximum atomic E-state index is 13.1. The van der Waals surface area contributed by atoms with E-state index in [1.165, 1.54) is 38.3 Å². The number of fused-ring (bicyclic) bond motifs is 1. The fourth-order valence-corrected chi connectivity index (χ4v) is 5.20. The molecule has 0 aromatic heterocycles. The Morgan fingerprint density at radius 3 is 2.49 bits per heavy atom. The van der Waals surface area contributed by atoms with Crippen LogP contribution in [0.15, 0.2) is 71.6 Å². The highest BCUT2D eigenvalue weighted by Gasteiger charge is 2.32. The molecule has 3 aromatic carbocycles. The summed E-state index contributed by atoms with van der Waals surface area (Å²) in [7, 11) is -2.62. The monoisotopic (exact) mass is 513 g/mol. The molecule has 1 atom stereocenters. The number of methoxy groups -OCH3 is 1. The van der Waals surface area contributed by atoms with Gasteiger partial charge in [0.05, 0.1) is 28.4 Å². The van der Waals surface area contributed by atoms with E-state index in [0.29, 0.717) is 6.54 Å². The van der Waals surface area contributed by atoms with Gasteiger partial charge >= 0.3 is 0 Å². The highest BCUT2D eigenvalue weighted by molar-refractivity contribution is 7.92. The summed E-state index contributed by atoms with van der Waals surface area (Å²) in [6.07, 6.45) is 0.725. The highest BCUT2D eigenvalue weighted by atomic mass is 35.5. The minimum Gasteiger partial charge on any atom is -0.495 e. The van der Waals surface area contributed by atoms with Crippen molar-refractivity contribution in [2.24, 2.45) is 5.92 Å². The van der Waals surface area contributed by atoms with Crippen LogP contribution in [0, 0.1) is 5.92 Å². The van der Waals surface area contributed by atoms with Crippen molar-refractivity contribution in [1.29, 1.82) is 0 Å². The molecule has 1 aliphatic heterocycles. The Kier molecular flexibility index (Phi) is 7.00. The number of halogens is 1. The maximum Gasteiger partial charge on any atom is 0.262 e. The molecule has 35 heavy (non-hydrogen) atoms. The minimum absolute atomic E-state index is 0.110. The molecule has 2 N–H and O–H groups in total. The number of hydrogen-bond donors (Lipinski definition) is 2. The van der Waals surface area contributed by atoms with Crippen LogP contribution in [0.3, 0.4) is 0 Å². The van der Waals surface area contributed by atoms with Crippen molar-refractivity contribution in [2.45, 2.75) is 18.2 Å². The van der Waals surface area contributed by atoms with Crippen molar-refractivity contribution in [3.63, 3.8) is 0 Å². The second-order valence-electron chi connectivity index (χ2n) is 8.03. The standard InChI is InChI=1S/C25H24ClN3O5S/c1-16(25(31)29-14-13-17-7-3-6-10-22(17)29)24(30)27-21-15-18(11-12-23(21)34-2)35(32,33)28-20-9-5-4-8-19(20)26/h3-12,15-16,28H,13-14H2,1-2H3,(H,27,30). The molecule has 1 heterocycles. The summed E-state index contributed by atoms with van der Waals surface area (Å²) in [5.74, 6) is -1.67. The van der Waals surface area contributed by atoms with Crippen molar-refractivity contribution < 1.29 is 22.7 Å². The van der Waals surface area contributed by atoms with E-state index in [1.807, 2.05) is 24.3 Å². The second kappa shape index (κ2) is 9.97. The van der Waals surface area contributed by atoms with Crippen LogP contribution in [-0.4, -0.2) is 33.9 Å². The average molecular weight is 514 g/mol. The number of carbonyl (C=O) groups is 2. The zero-order valence-corrected chi connectivity index (χ0v) is 20.7. The van der Waals surface area contributed by atoms with E-state index in [2.05, 4.69) is 10.0 Å². The number of sulfonamides is 1. The molecular formula is C25H24ClN3O5S. The first kappa shape index (κ1) is 24.6. The quantitative estimate of drug-likeness (QED) is 0.458. The first-order chi connectivity index (χ1) is 16.7. The van der Waals surface area contributed by atoms with Gasteiger partial charge in [-0.15, -0.1) is 0 Å². The van der Waals surface area contributed by atoms with Gasteiger partial charge in [-0.05, 0) is 55.3 Å². The van der Waals surface area contributed by atoms with E-state index < -0.39 is 21.8 Å². The van der Waals surface area contributed by atoms with Crippen LogP contribution in [-0.2, 0) is 26.0 Å². The summed E-state index contributed by atoms with van der Waals surface area (Å²) in [4.78, 5) is 27.6. The van der Waals surface area contributed by atoms with E-state index in [9.17, 15) is 18.0 Å². The predicted molar refractivity (Wildman–Crippen MR) is 136 cm³/mol. The topological polar surface area (TPSA) is 105 Å². The summed E-state index contributed by atoms with van der Waals surface area (Å²) < 4.78 is 33.6. The molecule has 1 unspecified atom stereocenters. The van der Waals surface area contributed by atoms with E-state index in [1.54, 1.807) is 23.1 Å². The number of nitrogens with one attached hydrogen (secondary N) is 2. The molecule has 10 heteroatoms. The number of benzene rings is 3. The Bertz CT molecular complexity index is 1390. The van der Waals surface area contributed by atoms with Gasteiger partial charge in [-0.1, -0.05) is 41.9 Å². The number of hydrogen-bond acceptors (Lipinski definition) is 5. The van der Waals surface area contributed by atoms with E-state index >= 15 is 0 Å². The number of anilines is 3. The Hall–Kier alpha value is -3.56. The van der Waals surface area contributed by atoms with Crippen LogP contribution in [0.2, 0.25) is 5.02 Å². The van der Waals surface area contributed by atoms with Crippen LogP contribution in [0.25, 0.3) is 0 Å². The van der Waals surface area contributed by atoms with Crippen molar-refractivity contribution in [3.05, 3.63) is 77.3 Å².